The van der Waals surface area contributed by atoms with E-state index in [1.807, 2.05) is 44.2 Å². The summed E-state index contributed by atoms with van der Waals surface area (Å²) in [5.74, 6) is 1.22. The number of hydrogen-bond donors (Lipinski definition) is 0. The van der Waals surface area contributed by atoms with Crippen molar-refractivity contribution in [3.8, 4) is 11.5 Å². The fourth-order valence-electron chi connectivity index (χ4n) is 1.98. The fourth-order valence-corrected chi connectivity index (χ4v) is 1.98. The predicted molar refractivity (Wildman–Crippen MR) is 83.2 cm³/mol. The Hall–Kier alpha value is -2.23. The smallest absolute Gasteiger partial charge is 0.292 e. The summed E-state index contributed by atoms with van der Waals surface area (Å²) in [4.78, 5) is 12.2. The van der Waals surface area contributed by atoms with Crippen LogP contribution in [0.25, 0.3) is 0 Å². The topological polar surface area (TPSA) is 40.5 Å². The highest BCUT2D eigenvalue weighted by atomic mass is 16.5. The molecule has 0 radical (unpaired) electrons. The number of rotatable bonds is 7. The molecule has 0 amide bonds. The van der Waals surface area contributed by atoms with E-state index in [0.717, 1.165) is 17.7 Å². The van der Waals surface area contributed by atoms with E-state index < -0.39 is 0 Å². The number of nitrogens with zero attached hydrogens (tertiary/aromatic N) is 1. The molecule has 0 saturated heterocycles. The van der Waals surface area contributed by atoms with Gasteiger partial charge in [0.1, 0.15) is 12.4 Å². The third kappa shape index (κ3) is 4.38. The van der Waals surface area contributed by atoms with Crippen molar-refractivity contribution in [3.05, 3.63) is 58.5 Å². The highest BCUT2D eigenvalue weighted by Gasteiger charge is 2.04. The summed E-state index contributed by atoms with van der Waals surface area (Å²) < 4.78 is 12.7. The quantitative estimate of drug-likeness (QED) is 0.786. The summed E-state index contributed by atoms with van der Waals surface area (Å²) in [5.41, 5.74) is 1.04. The molecule has 2 rings (SSSR count). The molecule has 0 fully saturated rings. The molecule has 0 aliphatic heterocycles. The Balaban J connectivity index is 1.95. The summed E-state index contributed by atoms with van der Waals surface area (Å²) >= 11 is 0. The lowest BCUT2D eigenvalue weighted by atomic mass is 10.2. The maximum atomic E-state index is 12.2. The first-order valence-corrected chi connectivity index (χ1v) is 7.22. The van der Waals surface area contributed by atoms with Gasteiger partial charge in [0.2, 0.25) is 0 Å². The third-order valence-corrected chi connectivity index (χ3v) is 3.04. The molecular weight excluding hydrogens is 266 g/mol. The summed E-state index contributed by atoms with van der Waals surface area (Å²) in [5, 5.41) is 0. The van der Waals surface area contributed by atoms with E-state index in [4.69, 9.17) is 9.47 Å². The fraction of sp³-hybridized carbons (Fsp3) is 0.353. The maximum absolute atomic E-state index is 12.2. The van der Waals surface area contributed by atoms with Crippen LogP contribution >= 0.6 is 0 Å². The third-order valence-electron chi connectivity index (χ3n) is 3.04. The Bertz CT molecular complexity index is 634. The van der Waals surface area contributed by atoms with Crippen molar-refractivity contribution < 1.29 is 9.47 Å². The molecule has 0 saturated carbocycles. The molecule has 21 heavy (non-hydrogen) atoms. The Morgan fingerprint density at radius 1 is 1.10 bits per heavy atom. The molecule has 0 N–H and O–H groups in total. The van der Waals surface area contributed by atoms with Crippen LogP contribution in [-0.2, 0) is 6.54 Å². The molecule has 0 spiro atoms. The van der Waals surface area contributed by atoms with Gasteiger partial charge in [-0.3, -0.25) is 4.79 Å². The van der Waals surface area contributed by atoms with E-state index in [1.165, 1.54) is 0 Å². The average molecular weight is 287 g/mol. The number of aryl methyl sites for hydroxylation is 1. The molecule has 0 aliphatic carbocycles. The molecule has 0 unspecified atom stereocenters. The molecule has 1 aromatic carbocycles. The molecule has 4 nitrogen and oxygen atoms in total. The molecule has 112 valence electrons. The van der Waals surface area contributed by atoms with Crippen LogP contribution in [0.2, 0.25) is 0 Å². The number of benzene rings is 1. The van der Waals surface area contributed by atoms with Crippen molar-refractivity contribution in [1.82, 2.24) is 4.57 Å². The average Bonchev–Trinajstić information content (AvgIpc) is 2.48. The predicted octanol–water partition coefficient (Wildman–Crippen LogP) is 3.02. The lowest BCUT2D eigenvalue weighted by Gasteiger charge is -2.10. The highest BCUT2D eigenvalue weighted by Crippen LogP contribution is 2.12. The van der Waals surface area contributed by atoms with Gasteiger partial charge in [-0.1, -0.05) is 19.1 Å². The second kappa shape index (κ2) is 7.53. The van der Waals surface area contributed by atoms with Gasteiger partial charge in [-0.05, 0) is 43.2 Å². The van der Waals surface area contributed by atoms with E-state index in [2.05, 4.69) is 0 Å². The molecule has 0 bridgehead atoms. The first-order valence-electron chi connectivity index (χ1n) is 7.22. The van der Waals surface area contributed by atoms with Crippen LogP contribution in [0.4, 0.5) is 0 Å². The molecule has 4 heteroatoms. The van der Waals surface area contributed by atoms with Crippen LogP contribution in [-0.4, -0.2) is 17.8 Å². The Morgan fingerprint density at radius 2 is 1.95 bits per heavy atom. The zero-order valence-corrected chi connectivity index (χ0v) is 12.5. The summed E-state index contributed by atoms with van der Waals surface area (Å²) in [6.07, 6.45) is 2.63. The number of pyridine rings is 1. The Kier molecular flexibility index (Phi) is 5.43. The van der Waals surface area contributed by atoms with Crippen molar-refractivity contribution in [2.75, 3.05) is 13.2 Å². The van der Waals surface area contributed by atoms with E-state index in [9.17, 15) is 4.79 Å². The molecule has 2 aromatic rings. The van der Waals surface area contributed by atoms with Gasteiger partial charge in [0.05, 0.1) is 13.2 Å². The van der Waals surface area contributed by atoms with Crippen molar-refractivity contribution >= 4 is 0 Å². The van der Waals surface area contributed by atoms with E-state index >= 15 is 0 Å². The van der Waals surface area contributed by atoms with Crippen molar-refractivity contribution in [3.63, 3.8) is 0 Å². The van der Waals surface area contributed by atoms with Crippen LogP contribution in [0.3, 0.4) is 0 Å². The highest BCUT2D eigenvalue weighted by molar-refractivity contribution is 5.27. The lowest BCUT2D eigenvalue weighted by molar-refractivity contribution is 0.287. The minimum atomic E-state index is -0.112. The van der Waals surface area contributed by atoms with Gasteiger partial charge >= 0.3 is 0 Å². The minimum absolute atomic E-state index is 0.112. The summed E-state index contributed by atoms with van der Waals surface area (Å²) in [6.45, 7) is 5.53. The molecule has 0 aliphatic rings. The van der Waals surface area contributed by atoms with E-state index in [1.54, 1.807) is 16.8 Å². The van der Waals surface area contributed by atoms with Gasteiger partial charge in [-0.2, -0.15) is 0 Å². The number of hydrogen-bond acceptors (Lipinski definition) is 3. The molecule has 1 heterocycles. The van der Waals surface area contributed by atoms with Gasteiger partial charge in [0, 0.05) is 6.20 Å². The lowest BCUT2D eigenvalue weighted by Crippen LogP contribution is -2.24. The molecule has 0 atom stereocenters. The van der Waals surface area contributed by atoms with Crippen molar-refractivity contribution in [2.24, 2.45) is 0 Å². The molecule has 1 aromatic heterocycles. The standard InChI is InChI=1S/C17H21NO3/c1-3-11-21-16-8-5-9-18(17(16)19)10-12-20-15-7-4-6-14(2)13-15/h4-9,13H,3,10-12H2,1-2H3. The monoisotopic (exact) mass is 287 g/mol. The summed E-state index contributed by atoms with van der Waals surface area (Å²) in [7, 11) is 0. The van der Waals surface area contributed by atoms with Crippen LogP contribution in [0, 0.1) is 6.92 Å². The minimum Gasteiger partial charge on any atom is -0.492 e. The van der Waals surface area contributed by atoms with Crippen LogP contribution in [0.5, 0.6) is 11.5 Å². The van der Waals surface area contributed by atoms with E-state index in [-0.39, 0.29) is 5.56 Å². The van der Waals surface area contributed by atoms with Crippen molar-refractivity contribution in [2.45, 2.75) is 26.8 Å². The second-order valence-corrected chi connectivity index (χ2v) is 4.88. The second-order valence-electron chi connectivity index (χ2n) is 4.88. The maximum Gasteiger partial charge on any atom is 0.292 e. The summed E-state index contributed by atoms with van der Waals surface area (Å²) in [6, 6.07) is 11.4. The zero-order valence-electron chi connectivity index (χ0n) is 12.5. The zero-order chi connectivity index (χ0) is 15.1. The van der Waals surface area contributed by atoms with E-state index in [0.29, 0.717) is 25.5 Å². The van der Waals surface area contributed by atoms with Crippen LogP contribution in [0.1, 0.15) is 18.9 Å². The first kappa shape index (κ1) is 15.2. The van der Waals surface area contributed by atoms with Gasteiger partial charge in [0.25, 0.3) is 5.56 Å². The normalized spacial score (nSPS) is 10.4. The van der Waals surface area contributed by atoms with Gasteiger partial charge < -0.3 is 14.0 Å². The Labute approximate surface area is 124 Å². The largest absolute Gasteiger partial charge is 0.492 e. The van der Waals surface area contributed by atoms with Gasteiger partial charge in [-0.25, -0.2) is 0 Å². The first-order chi connectivity index (χ1) is 10.2. The van der Waals surface area contributed by atoms with Crippen molar-refractivity contribution in [1.29, 1.82) is 0 Å². The molecular formula is C17H21NO3. The van der Waals surface area contributed by atoms with Crippen LogP contribution < -0.4 is 15.0 Å². The Morgan fingerprint density at radius 3 is 2.71 bits per heavy atom. The number of ether oxygens (including phenoxy) is 2. The van der Waals surface area contributed by atoms with Gasteiger partial charge in [-0.15, -0.1) is 0 Å². The number of aromatic nitrogens is 1. The van der Waals surface area contributed by atoms with Gasteiger partial charge in [0.15, 0.2) is 5.75 Å². The van der Waals surface area contributed by atoms with Crippen LogP contribution in [0.15, 0.2) is 47.4 Å². The SMILES string of the molecule is CCCOc1cccn(CCOc2cccc(C)c2)c1=O.